The molecule has 0 atom stereocenters. The number of ether oxygens (including phenoxy) is 1. The van der Waals surface area contributed by atoms with E-state index in [4.69, 9.17) is 4.74 Å². The van der Waals surface area contributed by atoms with Crippen LogP contribution in [0.4, 0.5) is 0 Å². The van der Waals surface area contributed by atoms with E-state index < -0.39 is 0 Å². The summed E-state index contributed by atoms with van der Waals surface area (Å²) < 4.78 is 5.55. The van der Waals surface area contributed by atoms with Crippen LogP contribution in [0.5, 0.6) is 5.88 Å². The van der Waals surface area contributed by atoms with Gasteiger partial charge >= 0.3 is 0 Å². The van der Waals surface area contributed by atoms with E-state index in [0.29, 0.717) is 5.88 Å². The summed E-state index contributed by atoms with van der Waals surface area (Å²) in [6.45, 7) is 3.96. The van der Waals surface area contributed by atoms with Crippen molar-refractivity contribution < 1.29 is 4.74 Å². The highest BCUT2D eigenvalue weighted by Crippen LogP contribution is 2.09. The minimum absolute atomic E-state index is 0.279. The topological polar surface area (TPSA) is 47.0 Å². The molecule has 0 saturated carbocycles. The Bertz CT molecular complexity index is 282. The Balaban J connectivity index is 1.91. The van der Waals surface area contributed by atoms with Gasteiger partial charge in [0.1, 0.15) is 6.10 Å². The van der Waals surface area contributed by atoms with E-state index in [1.54, 1.807) is 12.4 Å². The zero-order valence-corrected chi connectivity index (χ0v) is 8.36. The van der Waals surface area contributed by atoms with Gasteiger partial charge in [-0.15, -0.1) is 0 Å². The Labute approximate surface area is 83.7 Å². The van der Waals surface area contributed by atoms with Crippen LogP contribution in [-0.2, 0) is 6.42 Å². The predicted octanol–water partition coefficient (Wildman–Crippen LogP) is 0.780. The van der Waals surface area contributed by atoms with Gasteiger partial charge in [-0.25, -0.2) is 4.98 Å². The zero-order valence-electron chi connectivity index (χ0n) is 8.36. The maximum Gasteiger partial charge on any atom is 0.232 e. The lowest BCUT2D eigenvalue weighted by Crippen LogP contribution is -2.50. The highest BCUT2D eigenvalue weighted by atomic mass is 16.5. The van der Waals surface area contributed by atoms with Crippen molar-refractivity contribution in [3.63, 3.8) is 0 Å². The summed E-state index contributed by atoms with van der Waals surface area (Å²) in [4.78, 5) is 8.48. The minimum atomic E-state index is 0.279. The fraction of sp³-hybridized carbons (Fsp3) is 0.600. The number of hydrogen-bond donors (Lipinski definition) is 1. The number of hydrogen-bond acceptors (Lipinski definition) is 4. The monoisotopic (exact) mass is 193 g/mol. The number of aromatic nitrogens is 2. The Kier molecular flexibility index (Phi) is 2.93. The first kappa shape index (κ1) is 9.40. The van der Waals surface area contributed by atoms with E-state index in [-0.39, 0.29) is 6.10 Å². The summed E-state index contributed by atoms with van der Waals surface area (Å²) in [5, 5.41) is 3.14. The predicted molar refractivity (Wildman–Crippen MR) is 53.3 cm³/mol. The van der Waals surface area contributed by atoms with E-state index >= 15 is 0 Å². The first-order chi connectivity index (χ1) is 6.88. The van der Waals surface area contributed by atoms with Crippen LogP contribution in [0.15, 0.2) is 12.4 Å². The minimum Gasteiger partial charge on any atom is -0.471 e. The lowest BCUT2D eigenvalue weighted by Gasteiger charge is -2.26. The van der Waals surface area contributed by atoms with Crippen molar-refractivity contribution in [1.29, 1.82) is 0 Å². The highest BCUT2D eigenvalue weighted by molar-refractivity contribution is 5.08. The summed E-state index contributed by atoms with van der Waals surface area (Å²) >= 11 is 0. The smallest absolute Gasteiger partial charge is 0.232 e. The maximum absolute atomic E-state index is 5.55. The van der Waals surface area contributed by atoms with Crippen molar-refractivity contribution in [3.8, 4) is 5.88 Å². The molecule has 0 unspecified atom stereocenters. The third kappa shape index (κ3) is 2.20. The summed E-state index contributed by atoms with van der Waals surface area (Å²) in [5.74, 6) is 0.636. The van der Waals surface area contributed by atoms with Gasteiger partial charge in [0.25, 0.3) is 0 Å². The molecule has 2 rings (SSSR count). The van der Waals surface area contributed by atoms with Crippen molar-refractivity contribution in [2.75, 3.05) is 13.1 Å². The fourth-order valence-electron chi connectivity index (χ4n) is 1.31. The van der Waals surface area contributed by atoms with E-state index in [9.17, 15) is 0 Å². The van der Waals surface area contributed by atoms with Crippen LogP contribution in [-0.4, -0.2) is 29.2 Å². The van der Waals surface area contributed by atoms with Gasteiger partial charge in [-0.3, -0.25) is 4.98 Å². The van der Waals surface area contributed by atoms with Crippen LogP contribution in [0.25, 0.3) is 0 Å². The summed E-state index contributed by atoms with van der Waals surface area (Å²) in [5.41, 5.74) is 1.03. The number of nitrogens with one attached hydrogen (secondary N) is 1. The molecule has 0 aliphatic carbocycles. The highest BCUT2D eigenvalue weighted by Gasteiger charge is 2.18. The quantitative estimate of drug-likeness (QED) is 0.767. The van der Waals surface area contributed by atoms with Gasteiger partial charge < -0.3 is 10.1 Å². The molecule has 0 radical (unpaired) electrons. The van der Waals surface area contributed by atoms with Crippen molar-refractivity contribution in [1.82, 2.24) is 15.3 Å². The standard InChI is InChI=1S/C10H15N3O/c1-2-3-8-4-13-10(7-12-8)14-9-5-11-6-9/h4,7,9,11H,2-3,5-6H2,1H3. The number of rotatable bonds is 4. The van der Waals surface area contributed by atoms with Crippen LogP contribution in [0.3, 0.4) is 0 Å². The van der Waals surface area contributed by atoms with Crippen molar-refractivity contribution >= 4 is 0 Å². The Morgan fingerprint density at radius 1 is 1.43 bits per heavy atom. The van der Waals surface area contributed by atoms with Gasteiger partial charge in [0.15, 0.2) is 0 Å². The first-order valence-corrected chi connectivity index (χ1v) is 5.07. The third-order valence-electron chi connectivity index (χ3n) is 2.22. The molecule has 4 heteroatoms. The van der Waals surface area contributed by atoms with Crippen LogP contribution in [0.1, 0.15) is 19.0 Å². The Morgan fingerprint density at radius 2 is 2.29 bits per heavy atom. The van der Waals surface area contributed by atoms with Crippen LogP contribution in [0, 0.1) is 0 Å². The molecule has 1 aliphatic rings. The second kappa shape index (κ2) is 4.37. The first-order valence-electron chi connectivity index (χ1n) is 5.07. The average molecular weight is 193 g/mol. The zero-order chi connectivity index (χ0) is 9.80. The molecule has 1 saturated heterocycles. The van der Waals surface area contributed by atoms with Gasteiger partial charge in [-0.2, -0.15) is 0 Å². The summed E-state index contributed by atoms with van der Waals surface area (Å²) in [6.07, 6.45) is 5.87. The average Bonchev–Trinajstić information content (AvgIpc) is 2.14. The second-order valence-electron chi connectivity index (χ2n) is 3.49. The van der Waals surface area contributed by atoms with E-state index in [1.165, 1.54) is 0 Å². The third-order valence-corrected chi connectivity index (χ3v) is 2.22. The van der Waals surface area contributed by atoms with Crippen LogP contribution < -0.4 is 10.1 Å². The van der Waals surface area contributed by atoms with Gasteiger partial charge in [0.2, 0.25) is 5.88 Å². The molecular formula is C10H15N3O. The van der Waals surface area contributed by atoms with Gasteiger partial charge in [0, 0.05) is 13.1 Å². The van der Waals surface area contributed by atoms with Crippen molar-refractivity contribution in [3.05, 3.63) is 18.1 Å². The molecule has 1 aromatic rings. The van der Waals surface area contributed by atoms with Gasteiger partial charge in [0.05, 0.1) is 18.1 Å². The summed E-state index contributed by atoms with van der Waals surface area (Å²) in [6, 6.07) is 0. The Morgan fingerprint density at radius 3 is 2.79 bits per heavy atom. The SMILES string of the molecule is CCCc1cnc(OC2CNC2)cn1. The molecule has 0 amide bonds. The largest absolute Gasteiger partial charge is 0.471 e. The normalized spacial score (nSPS) is 16.4. The molecule has 1 aromatic heterocycles. The molecule has 2 heterocycles. The van der Waals surface area contributed by atoms with Crippen LogP contribution in [0.2, 0.25) is 0 Å². The fourth-order valence-corrected chi connectivity index (χ4v) is 1.31. The number of aryl methyl sites for hydroxylation is 1. The number of nitrogens with zero attached hydrogens (tertiary/aromatic N) is 2. The van der Waals surface area contributed by atoms with E-state index in [1.807, 2.05) is 0 Å². The van der Waals surface area contributed by atoms with Crippen molar-refractivity contribution in [2.45, 2.75) is 25.9 Å². The maximum atomic E-state index is 5.55. The second-order valence-corrected chi connectivity index (χ2v) is 3.49. The molecule has 4 nitrogen and oxygen atoms in total. The molecule has 1 N–H and O–H groups in total. The lowest BCUT2D eigenvalue weighted by atomic mass is 10.2. The van der Waals surface area contributed by atoms with Crippen molar-refractivity contribution in [2.24, 2.45) is 0 Å². The molecule has 76 valence electrons. The van der Waals surface area contributed by atoms with Gasteiger partial charge in [-0.1, -0.05) is 13.3 Å². The van der Waals surface area contributed by atoms with E-state index in [2.05, 4.69) is 22.2 Å². The summed E-state index contributed by atoms with van der Waals surface area (Å²) in [7, 11) is 0. The van der Waals surface area contributed by atoms with E-state index in [0.717, 1.165) is 31.6 Å². The van der Waals surface area contributed by atoms with Gasteiger partial charge in [-0.05, 0) is 6.42 Å². The van der Waals surface area contributed by atoms with Crippen LogP contribution >= 0.6 is 0 Å². The molecular weight excluding hydrogens is 178 g/mol. The Hall–Kier alpha value is -1.16. The molecule has 0 aromatic carbocycles. The lowest BCUT2D eigenvalue weighted by molar-refractivity contribution is 0.135. The molecule has 1 aliphatic heterocycles. The molecule has 1 fully saturated rings. The molecule has 0 bridgehead atoms. The molecule has 14 heavy (non-hydrogen) atoms. The molecule has 0 spiro atoms.